The van der Waals surface area contributed by atoms with Crippen LogP contribution in [0.15, 0.2) is 24.3 Å². The highest BCUT2D eigenvalue weighted by Gasteiger charge is 2.51. The van der Waals surface area contributed by atoms with Gasteiger partial charge in [0.25, 0.3) is 0 Å². The van der Waals surface area contributed by atoms with Crippen LogP contribution in [0.4, 0.5) is 5.69 Å². The fraction of sp³-hybridized carbons (Fsp3) is 0.500. The third kappa shape index (κ3) is 2.64. The van der Waals surface area contributed by atoms with Crippen LogP contribution in [0.25, 0.3) is 0 Å². The minimum atomic E-state index is -0.291. The van der Waals surface area contributed by atoms with Gasteiger partial charge in [-0.1, -0.05) is 12.1 Å². The van der Waals surface area contributed by atoms with Crippen molar-refractivity contribution in [1.29, 1.82) is 0 Å². The molecule has 0 aliphatic heterocycles. The first-order valence-corrected chi connectivity index (χ1v) is 7.64. The molecule has 0 heterocycles. The Morgan fingerprint density at radius 2 is 2.06 bits per heavy atom. The third-order valence-electron chi connectivity index (χ3n) is 3.44. The number of thioether (sulfide) groups is 1. The first-order chi connectivity index (χ1) is 8.58. The Bertz CT molecular complexity index is 426. The van der Waals surface area contributed by atoms with Crippen molar-refractivity contribution in [2.24, 2.45) is 0 Å². The second-order valence-electron chi connectivity index (χ2n) is 5.03. The molecule has 1 unspecified atom stereocenters. The predicted molar refractivity (Wildman–Crippen MR) is 77.8 cm³/mol. The van der Waals surface area contributed by atoms with Crippen molar-refractivity contribution in [1.82, 2.24) is 5.32 Å². The van der Waals surface area contributed by atoms with Gasteiger partial charge in [0.2, 0.25) is 5.91 Å². The zero-order valence-electron chi connectivity index (χ0n) is 10.9. The van der Waals surface area contributed by atoms with Gasteiger partial charge in [-0.2, -0.15) is 11.8 Å². The van der Waals surface area contributed by atoms with Crippen LogP contribution in [0.5, 0.6) is 0 Å². The molecule has 1 aliphatic rings. The number of benzene rings is 1. The minimum Gasteiger partial charge on any atom is -0.399 e. The summed E-state index contributed by atoms with van der Waals surface area (Å²) in [5.74, 6) is 1.11. The Balaban J connectivity index is 2.07. The van der Waals surface area contributed by atoms with Gasteiger partial charge in [0.15, 0.2) is 0 Å². The third-order valence-corrected chi connectivity index (χ3v) is 4.28. The lowest BCUT2D eigenvalue weighted by molar-refractivity contribution is -0.124. The molecule has 1 fully saturated rings. The Morgan fingerprint density at radius 3 is 2.56 bits per heavy atom. The molecular formula is C14H20N2OS. The van der Waals surface area contributed by atoms with Crippen molar-refractivity contribution in [2.75, 3.05) is 17.7 Å². The number of rotatable bonds is 5. The molecule has 0 saturated heterocycles. The summed E-state index contributed by atoms with van der Waals surface area (Å²) in [6.07, 6.45) is 3.93. The molecule has 0 radical (unpaired) electrons. The molecule has 4 heteroatoms. The molecule has 1 aromatic rings. The van der Waals surface area contributed by atoms with Gasteiger partial charge < -0.3 is 11.1 Å². The van der Waals surface area contributed by atoms with Gasteiger partial charge >= 0.3 is 0 Å². The zero-order chi connectivity index (χ0) is 13.2. The lowest BCUT2D eigenvalue weighted by Gasteiger charge is -2.19. The molecular weight excluding hydrogens is 244 g/mol. The van der Waals surface area contributed by atoms with Crippen LogP contribution in [0.3, 0.4) is 0 Å². The summed E-state index contributed by atoms with van der Waals surface area (Å²) in [5.41, 5.74) is 7.22. The fourth-order valence-electron chi connectivity index (χ4n) is 2.23. The molecule has 0 spiro atoms. The Kier molecular flexibility index (Phi) is 3.85. The van der Waals surface area contributed by atoms with Gasteiger partial charge in [0.1, 0.15) is 0 Å². The largest absolute Gasteiger partial charge is 0.399 e. The summed E-state index contributed by atoms with van der Waals surface area (Å²) in [7, 11) is 0. The molecule has 1 atom stereocenters. The van der Waals surface area contributed by atoms with Gasteiger partial charge in [-0.15, -0.1) is 0 Å². The number of amides is 1. The molecule has 18 heavy (non-hydrogen) atoms. The van der Waals surface area contributed by atoms with Gasteiger partial charge in [-0.3, -0.25) is 4.79 Å². The zero-order valence-corrected chi connectivity index (χ0v) is 11.7. The molecule has 0 aromatic heterocycles. The van der Waals surface area contributed by atoms with Crippen LogP contribution in [0.2, 0.25) is 0 Å². The number of hydrogen-bond donors (Lipinski definition) is 2. The van der Waals surface area contributed by atoms with E-state index >= 15 is 0 Å². The topological polar surface area (TPSA) is 55.1 Å². The normalized spacial score (nSPS) is 18.1. The average Bonchev–Trinajstić information content (AvgIpc) is 3.11. The highest BCUT2D eigenvalue weighted by Crippen LogP contribution is 2.48. The number of hydrogen-bond acceptors (Lipinski definition) is 3. The van der Waals surface area contributed by atoms with Crippen LogP contribution >= 0.6 is 11.8 Å². The number of anilines is 1. The van der Waals surface area contributed by atoms with E-state index in [1.54, 1.807) is 11.8 Å². The summed E-state index contributed by atoms with van der Waals surface area (Å²) in [5, 5.41) is 3.11. The molecule has 2 rings (SSSR count). The van der Waals surface area contributed by atoms with Gasteiger partial charge in [-0.25, -0.2) is 0 Å². The minimum absolute atomic E-state index is 0.161. The number of nitrogens with two attached hydrogens (primary N) is 1. The summed E-state index contributed by atoms with van der Waals surface area (Å²) in [6.45, 7) is 2.05. The van der Waals surface area contributed by atoms with Crippen LogP contribution in [0.1, 0.15) is 25.3 Å². The number of nitrogen functional groups attached to an aromatic ring is 1. The summed E-state index contributed by atoms with van der Waals surface area (Å²) in [4.78, 5) is 12.3. The summed E-state index contributed by atoms with van der Waals surface area (Å²) >= 11 is 1.75. The lowest BCUT2D eigenvalue weighted by Crippen LogP contribution is -2.41. The summed E-state index contributed by atoms with van der Waals surface area (Å²) < 4.78 is 0. The fourth-order valence-corrected chi connectivity index (χ4v) is 2.81. The molecule has 3 N–H and O–H groups in total. The van der Waals surface area contributed by atoms with Gasteiger partial charge in [-0.05, 0) is 43.7 Å². The second kappa shape index (κ2) is 5.22. The van der Waals surface area contributed by atoms with E-state index in [1.807, 2.05) is 31.2 Å². The smallest absolute Gasteiger partial charge is 0.230 e. The molecule has 98 valence electrons. The van der Waals surface area contributed by atoms with Crippen molar-refractivity contribution in [3.8, 4) is 0 Å². The number of carbonyl (C=O) groups is 1. The van der Waals surface area contributed by atoms with Crippen molar-refractivity contribution in [3.63, 3.8) is 0 Å². The standard InChI is InChI=1S/C14H20N2OS/c1-10(9-18-2)16-13(17)14(7-8-14)11-3-5-12(15)6-4-11/h3-6,10H,7-9,15H2,1-2H3,(H,16,17). The number of carbonyl (C=O) groups excluding carboxylic acids is 1. The maximum absolute atomic E-state index is 12.3. The second-order valence-corrected chi connectivity index (χ2v) is 5.94. The van der Waals surface area contributed by atoms with E-state index in [1.165, 1.54) is 0 Å². The van der Waals surface area contributed by atoms with Crippen molar-refractivity contribution in [2.45, 2.75) is 31.2 Å². The Hall–Kier alpha value is -1.16. The number of nitrogens with one attached hydrogen (secondary N) is 1. The van der Waals surface area contributed by atoms with Crippen LogP contribution in [-0.4, -0.2) is 24.0 Å². The van der Waals surface area contributed by atoms with E-state index in [2.05, 4.69) is 11.6 Å². The van der Waals surface area contributed by atoms with E-state index in [0.29, 0.717) is 0 Å². The van der Waals surface area contributed by atoms with E-state index < -0.39 is 0 Å². The van der Waals surface area contributed by atoms with E-state index in [0.717, 1.165) is 29.8 Å². The first kappa shape index (κ1) is 13.3. The molecule has 1 saturated carbocycles. The predicted octanol–water partition coefficient (Wildman–Crippen LogP) is 2.17. The van der Waals surface area contributed by atoms with Gasteiger partial charge in [0.05, 0.1) is 5.41 Å². The average molecular weight is 264 g/mol. The molecule has 3 nitrogen and oxygen atoms in total. The highest BCUT2D eigenvalue weighted by atomic mass is 32.2. The molecule has 1 amide bonds. The van der Waals surface area contributed by atoms with E-state index in [9.17, 15) is 4.79 Å². The molecule has 0 bridgehead atoms. The van der Waals surface area contributed by atoms with Crippen molar-refractivity contribution in [3.05, 3.63) is 29.8 Å². The maximum Gasteiger partial charge on any atom is 0.230 e. The Labute approximate surface area is 113 Å². The van der Waals surface area contributed by atoms with Crippen LogP contribution in [0, 0.1) is 0 Å². The van der Waals surface area contributed by atoms with E-state index in [-0.39, 0.29) is 17.4 Å². The van der Waals surface area contributed by atoms with Crippen molar-refractivity contribution >= 4 is 23.4 Å². The SMILES string of the molecule is CSCC(C)NC(=O)C1(c2ccc(N)cc2)CC1. The molecule has 1 aromatic carbocycles. The Morgan fingerprint density at radius 1 is 1.44 bits per heavy atom. The summed E-state index contributed by atoms with van der Waals surface area (Å²) in [6, 6.07) is 7.91. The maximum atomic E-state index is 12.3. The van der Waals surface area contributed by atoms with Crippen LogP contribution in [-0.2, 0) is 10.2 Å². The highest BCUT2D eigenvalue weighted by molar-refractivity contribution is 7.98. The monoisotopic (exact) mass is 264 g/mol. The van der Waals surface area contributed by atoms with E-state index in [4.69, 9.17) is 5.73 Å². The molecule has 1 aliphatic carbocycles. The van der Waals surface area contributed by atoms with Gasteiger partial charge in [0, 0.05) is 17.5 Å². The lowest BCUT2D eigenvalue weighted by atomic mass is 9.94. The quantitative estimate of drug-likeness (QED) is 0.801. The first-order valence-electron chi connectivity index (χ1n) is 6.24. The van der Waals surface area contributed by atoms with Crippen LogP contribution < -0.4 is 11.1 Å². The van der Waals surface area contributed by atoms with Crippen molar-refractivity contribution < 1.29 is 4.79 Å².